The van der Waals surface area contributed by atoms with Gasteiger partial charge in [-0.25, -0.2) is 4.99 Å². The quantitative estimate of drug-likeness (QED) is 0.365. The number of amides is 1. The first-order chi connectivity index (χ1) is 17.3. The van der Waals surface area contributed by atoms with E-state index in [2.05, 4.69) is 50.9 Å². The number of nitrogens with zero attached hydrogens (tertiary/aromatic N) is 3. The first-order valence-corrected chi connectivity index (χ1v) is 12.6. The second-order valence-electron chi connectivity index (χ2n) is 9.46. The Labute approximate surface area is 216 Å². The Morgan fingerprint density at radius 3 is 2.61 bits per heavy atom. The second-order valence-corrected chi connectivity index (χ2v) is 10.5. The first kappa shape index (κ1) is 24.0. The molecule has 2 aliphatic rings. The number of anilines is 1. The number of methoxy groups -OCH3 is 1. The summed E-state index contributed by atoms with van der Waals surface area (Å²) >= 11 is 1.36. The van der Waals surface area contributed by atoms with Gasteiger partial charge in [-0.2, -0.15) is 0 Å². The number of allylic oxidation sites excluding steroid dienone is 1. The van der Waals surface area contributed by atoms with Crippen LogP contribution in [0.1, 0.15) is 37.7 Å². The molecule has 0 radical (unpaired) electrons. The third kappa shape index (κ3) is 4.46. The summed E-state index contributed by atoms with van der Waals surface area (Å²) in [4.78, 5) is 22.8. The maximum absolute atomic E-state index is 13.6. The minimum absolute atomic E-state index is 0.103. The van der Waals surface area contributed by atoms with Crippen LogP contribution in [0.15, 0.2) is 81.3 Å². The number of rotatable bonds is 5. The fourth-order valence-electron chi connectivity index (χ4n) is 4.53. The summed E-state index contributed by atoms with van der Waals surface area (Å²) in [5.41, 5.74) is 4.98. The number of hydrogen-bond acceptors (Lipinski definition) is 6. The van der Waals surface area contributed by atoms with Crippen LogP contribution in [0.5, 0.6) is 5.75 Å². The Balaban J connectivity index is 1.56. The van der Waals surface area contributed by atoms with Crippen molar-refractivity contribution in [3.05, 3.63) is 88.7 Å². The molecule has 2 aromatic carbocycles. The number of likely N-dealkylation sites (N-methyl/N-ethyl adjacent to an activating group) is 1. The topological polar surface area (TPSA) is 58.3 Å². The normalized spacial score (nSPS) is 19.1. The highest BCUT2D eigenvalue weighted by atomic mass is 32.2. The molecule has 7 heteroatoms. The van der Waals surface area contributed by atoms with Gasteiger partial charge < -0.3 is 14.1 Å². The molecule has 1 saturated heterocycles. The number of amidine groups is 1. The van der Waals surface area contributed by atoms with Gasteiger partial charge in [0, 0.05) is 29.9 Å². The number of aliphatic imine (C=N–C) groups is 1. The zero-order valence-electron chi connectivity index (χ0n) is 21.1. The van der Waals surface area contributed by atoms with E-state index in [0.29, 0.717) is 22.4 Å². The third-order valence-electron chi connectivity index (χ3n) is 6.62. The van der Waals surface area contributed by atoms with Crippen LogP contribution < -0.4 is 9.64 Å². The van der Waals surface area contributed by atoms with Gasteiger partial charge in [-0.3, -0.25) is 9.69 Å². The van der Waals surface area contributed by atoms with Crippen LogP contribution in [0.25, 0.3) is 11.6 Å². The van der Waals surface area contributed by atoms with Gasteiger partial charge in [0.1, 0.15) is 11.5 Å². The average Bonchev–Trinajstić information content (AvgIpc) is 3.47. The van der Waals surface area contributed by atoms with Crippen molar-refractivity contribution in [2.24, 2.45) is 4.99 Å². The standard InChI is InChI=1S/C29H29N3O3S/c1-19-17-29(2,3)31(4)24-16-25(34-5)20(14-23(19)24)15-26-27(33)32(18-22-12-9-13-35-22)28(36-26)30-21-10-7-6-8-11-21/h6-17H,18H2,1-5H3/b26-15+,30-28?. The van der Waals surface area contributed by atoms with Gasteiger partial charge in [-0.15, -0.1) is 0 Å². The van der Waals surface area contributed by atoms with E-state index in [9.17, 15) is 4.79 Å². The summed E-state index contributed by atoms with van der Waals surface area (Å²) in [6, 6.07) is 17.5. The van der Waals surface area contributed by atoms with Gasteiger partial charge in [0.25, 0.3) is 5.91 Å². The van der Waals surface area contributed by atoms with E-state index in [0.717, 1.165) is 28.3 Å². The Morgan fingerprint density at radius 2 is 1.92 bits per heavy atom. The van der Waals surface area contributed by atoms with E-state index >= 15 is 0 Å². The molecular weight excluding hydrogens is 470 g/mol. The van der Waals surface area contributed by atoms with Gasteiger partial charge >= 0.3 is 0 Å². The Hall–Kier alpha value is -3.71. The highest BCUT2D eigenvalue weighted by Crippen LogP contribution is 2.43. The highest BCUT2D eigenvalue weighted by Gasteiger charge is 2.35. The summed E-state index contributed by atoms with van der Waals surface area (Å²) in [7, 11) is 3.75. The van der Waals surface area contributed by atoms with Crippen molar-refractivity contribution < 1.29 is 13.9 Å². The van der Waals surface area contributed by atoms with Gasteiger partial charge in [0.05, 0.1) is 36.0 Å². The molecule has 3 aromatic rings. The second kappa shape index (κ2) is 9.39. The van der Waals surface area contributed by atoms with Crippen LogP contribution in [0.2, 0.25) is 0 Å². The minimum atomic E-state index is -0.114. The van der Waals surface area contributed by atoms with E-state index in [1.165, 1.54) is 17.3 Å². The van der Waals surface area contributed by atoms with Crippen LogP contribution in [0, 0.1) is 0 Å². The zero-order valence-corrected chi connectivity index (χ0v) is 21.9. The van der Waals surface area contributed by atoms with Crippen molar-refractivity contribution in [1.29, 1.82) is 0 Å². The number of carbonyl (C=O) groups is 1. The summed E-state index contributed by atoms with van der Waals surface area (Å²) < 4.78 is 11.3. The van der Waals surface area contributed by atoms with Crippen LogP contribution in [0.3, 0.4) is 0 Å². The lowest BCUT2D eigenvalue weighted by atomic mass is 9.88. The molecule has 0 saturated carbocycles. The molecule has 6 nitrogen and oxygen atoms in total. The molecule has 0 bridgehead atoms. The molecule has 1 amide bonds. The minimum Gasteiger partial charge on any atom is -0.496 e. The number of furan rings is 1. The average molecular weight is 500 g/mol. The van der Waals surface area contributed by atoms with E-state index in [1.54, 1.807) is 18.3 Å². The van der Waals surface area contributed by atoms with Crippen molar-refractivity contribution in [2.45, 2.75) is 32.9 Å². The molecule has 36 heavy (non-hydrogen) atoms. The zero-order chi connectivity index (χ0) is 25.4. The molecule has 2 aliphatic heterocycles. The molecular formula is C29H29N3O3S. The maximum Gasteiger partial charge on any atom is 0.267 e. The first-order valence-electron chi connectivity index (χ1n) is 11.8. The molecule has 0 atom stereocenters. The summed E-state index contributed by atoms with van der Waals surface area (Å²) in [5.74, 6) is 1.30. The Kier molecular flexibility index (Phi) is 6.26. The van der Waals surface area contributed by atoms with Crippen molar-refractivity contribution in [3.63, 3.8) is 0 Å². The number of benzene rings is 2. The molecule has 5 rings (SSSR count). The van der Waals surface area contributed by atoms with Crippen LogP contribution in [0.4, 0.5) is 11.4 Å². The SMILES string of the molecule is COc1cc2c(cc1/C=C1/SC(=Nc3ccccc3)N(Cc3ccco3)C1=O)C(C)=CC(C)(C)N2C. The van der Waals surface area contributed by atoms with E-state index in [4.69, 9.17) is 14.1 Å². The molecule has 0 N–H and O–H groups in total. The van der Waals surface area contributed by atoms with E-state index in [-0.39, 0.29) is 11.4 Å². The number of ether oxygens (including phenoxy) is 1. The van der Waals surface area contributed by atoms with Gasteiger partial charge in [0.2, 0.25) is 0 Å². The lowest BCUT2D eigenvalue weighted by molar-refractivity contribution is -0.122. The van der Waals surface area contributed by atoms with Crippen LogP contribution >= 0.6 is 11.8 Å². The fraction of sp³-hybridized carbons (Fsp3) is 0.241. The molecule has 0 unspecified atom stereocenters. The smallest absolute Gasteiger partial charge is 0.267 e. The third-order valence-corrected chi connectivity index (χ3v) is 7.62. The van der Waals surface area contributed by atoms with Crippen molar-refractivity contribution in [3.8, 4) is 5.75 Å². The maximum atomic E-state index is 13.6. The number of fused-ring (bicyclic) bond motifs is 1. The summed E-state index contributed by atoms with van der Waals surface area (Å²) in [6.07, 6.45) is 5.78. The summed E-state index contributed by atoms with van der Waals surface area (Å²) in [6.45, 7) is 6.82. The van der Waals surface area contributed by atoms with E-state index < -0.39 is 0 Å². The largest absolute Gasteiger partial charge is 0.496 e. The van der Waals surface area contributed by atoms with Crippen molar-refractivity contribution in [2.75, 3.05) is 19.1 Å². The molecule has 1 fully saturated rings. The lowest BCUT2D eigenvalue weighted by Gasteiger charge is -2.41. The van der Waals surface area contributed by atoms with Crippen molar-refractivity contribution >= 4 is 45.9 Å². The van der Waals surface area contributed by atoms with E-state index in [1.807, 2.05) is 48.5 Å². The monoisotopic (exact) mass is 499 g/mol. The fourth-order valence-corrected chi connectivity index (χ4v) is 5.52. The Morgan fingerprint density at radius 1 is 1.14 bits per heavy atom. The Bertz CT molecular complexity index is 1390. The van der Waals surface area contributed by atoms with Crippen LogP contribution in [-0.2, 0) is 11.3 Å². The predicted octanol–water partition coefficient (Wildman–Crippen LogP) is 6.72. The molecule has 184 valence electrons. The lowest BCUT2D eigenvalue weighted by Crippen LogP contribution is -2.42. The summed E-state index contributed by atoms with van der Waals surface area (Å²) in [5, 5.41) is 0.614. The molecule has 0 spiro atoms. The highest BCUT2D eigenvalue weighted by molar-refractivity contribution is 8.18. The van der Waals surface area contributed by atoms with Gasteiger partial charge in [-0.05, 0) is 74.5 Å². The molecule has 1 aromatic heterocycles. The van der Waals surface area contributed by atoms with Crippen LogP contribution in [-0.4, -0.2) is 35.7 Å². The number of hydrogen-bond donors (Lipinski definition) is 0. The van der Waals surface area contributed by atoms with Gasteiger partial charge in [-0.1, -0.05) is 24.3 Å². The predicted molar refractivity (Wildman–Crippen MR) is 147 cm³/mol. The van der Waals surface area contributed by atoms with Gasteiger partial charge in [0.15, 0.2) is 5.17 Å². The number of carbonyl (C=O) groups excluding carboxylic acids is 1. The number of thioether (sulfide) groups is 1. The molecule has 0 aliphatic carbocycles. The molecule has 3 heterocycles. The van der Waals surface area contributed by atoms with Crippen molar-refractivity contribution in [1.82, 2.24) is 4.90 Å². The number of para-hydroxylation sites is 1.